The number of alkyl carbamates (subject to hydrolysis) is 1. The molecule has 18 heavy (non-hydrogen) atoms. The molecule has 1 heterocycles. The van der Waals surface area contributed by atoms with Crippen molar-refractivity contribution in [3.63, 3.8) is 0 Å². The van der Waals surface area contributed by atoms with Crippen LogP contribution in [0.3, 0.4) is 0 Å². The molecule has 2 aliphatic rings. The van der Waals surface area contributed by atoms with Gasteiger partial charge in [-0.25, -0.2) is 4.79 Å². The van der Waals surface area contributed by atoms with E-state index in [2.05, 4.69) is 5.32 Å². The Morgan fingerprint density at radius 3 is 2.56 bits per heavy atom. The molecular formula is C13H23NO4. The molecule has 0 radical (unpaired) electrons. The monoisotopic (exact) mass is 257 g/mol. The summed E-state index contributed by atoms with van der Waals surface area (Å²) in [5, 5.41) is 2.84. The fourth-order valence-corrected chi connectivity index (χ4v) is 2.58. The van der Waals surface area contributed by atoms with Crippen molar-refractivity contribution in [2.45, 2.75) is 58.2 Å². The first-order valence-corrected chi connectivity index (χ1v) is 6.49. The van der Waals surface area contributed by atoms with Gasteiger partial charge in [-0.05, 0) is 40.0 Å². The van der Waals surface area contributed by atoms with Crippen molar-refractivity contribution in [3.8, 4) is 0 Å². The largest absolute Gasteiger partial charge is 0.444 e. The van der Waals surface area contributed by atoms with Crippen molar-refractivity contribution >= 4 is 6.09 Å². The molecule has 1 saturated carbocycles. The molecule has 5 atom stereocenters. The summed E-state index contributed by atoms with van der Waals surface area (Å²) >= 11 is 0. The first kappa shape index (κ1) is 13.6. The summed E-state index contributed by atoms with van der Waals surface area (Å²) in [5.41, 5.74) is -0.475. The number of rotatable bonds is 3. The third-order valence-corrected chi connectivity index (χ3v) is 3.42. The van der Waals surface area contributed by atoms with Crippen molar-refractivity contribution in [2.75, 3.05) is 7.11 Å². The number of nitrogens with one attached hydrogen (secondary N) is 1. The summed E-state index contributed by atoms with van der Waals surface area (Å²) in [5.74, 6) is 1.02. The van der Waals surface area contributed by atoms with Crippen molar-refractivity contribution in [1.29, 1.82) is 0 Å². The van der Waals surface area contributed by atoms with Crippen LogP contribution in [0.25, 0.3) is 0 Å². The molecule has 0 spiro atoms. The lowest BCUT2D eigenvalue weighted by Gasteiger charge is -2.26. The predicted octanol–water partition coefficient (Wildman–Crippen LogP) is 1.91. The fraction of sp³-hybridized carbons (Fsp3) is 0.923. The highest BCUT2D eigenvalue weighted by Gasteiger charge is 2.57. The molecule has 104 valence electrons. The van der Waals surface area contributed by atoms with Crippen molar-refractivity contribution in [2.24, 2.45) is 11.8 Å². The molecule has 1 N–H and O–H groups in total. The van der Waals surface area contributed by atoms with Gasteiger partial charge in [0.1, 0.15) is 5.60 Å². The minimum Gasteiger partial charge on any atom is -0.444 e. The van der Waals surface area contributed by atoms with Crippen LogP contribution in [0.15, 0.2) is 0 Å². The maximum Gasteiger partial charge on any atom is 0.407 e. The topological polar surface area (TPSA) is 56.8 Å². The molecule has 1 aliphatic carbocycles. The van der Waals surface area contributed by atoms with Crippen LogP contribution in [0.1, 0.15) is 34.1 Å². The standard InChI is InChI=1S/C13H23NO4/c1-7(14-12(15)18-13(2,3)4)10-8-6-9(8)11(16-5)17-10/h7-11H,6H2,1-5H3,(H,14,15)/t7-,8+,9-,10+,11-/m0/s1. The van der Waals surface area contributed by atoms with Crippen LogP contribution < -0.4 is 5.32 Å². The van der Waals surface area contributed by atoms with Gasteiger partial charge in [0.05, 0.1) is 12.1 Å². The van der Waals surface area contributed by atoms with Crippen LogP contribution in [0.5, 0.6) is 0 Å². The molecule has 0 unspecified atom stereocenters. The van der Waals surface area contributed by atoms with Crippen LogP contribution in [0.4, 0.5) is 4.79 Å². The van der Waals surface area contributed by atoms with Crippen LogP contribution in [-0.4, -0.2) is 37.2 Å². The van der Waals surface area contributed by atoms with Gasteiger partial charge in [0.25, 0.3) is 0 Å². The van der Waals surface area contributed by atoms with Gasteiger partial charge in [0.2, 0.25) is 0 Å². The Bertz CT molecular complexity index is 325. The number of fused-ring (bicyclic) bond motifs is 1. The summed E-state index contributed by atoms with van der Waals surface area (Å²) < 4.78 is 16.3. The molecule has 2 rings (SSSR count). The van der Waals surface area contributed by atoms with Gasteiger partial charge in [0, 0.05) is 13.0 Å². The van der Waals surface area contributed by atoms with Crippen LogP contribution in [0.2, 0.25) is 0 Å². The summed E-state index contributed by atoms with van der Waals surface area (Å²) in [6.07, 6.45) is 0.663. The highest BCUT2D eigenvalue weighted by Crippen LogP contribution is 2.53. The van der Waals surface area contributed by atoms with E-state index in [1.54, 1.807) is 7.11 Å². The second-order valence-electron chi connectivity index (χ2n) is 6.20. The van der Waals surface area contributed by atoms with E-state index in [4.69, 9.17) is 14.2 Å². The lowest BCUT2D eigenvalue weighted by Crippen LogP contribution is -2.45. The minimum absolute atomic E-state index is 0.0347. The van der Waals surface area contributed by atoms with Crippen LogP contribution >= 0.6 is 0 Å². The number of methoxy groups -OCH3 is 1. The summed E-state index contributed by atoms with van der Waals surface area (Å²) in [6.45, 7) is 7.49. The van der Waals surface area contributed by atoms with E-state index in [1.165, 1.54) is 0 Å². The van der Waals surface area contributed by atoms with Gasteiger partial charge >= 0.3 is 6.09 Å². The van der Waals surface area contributed by atoms with Gasteiger partial charge in [0.15, 0.2) is 6.29 Å². The van der Waals surface area contributed by atoms with E-state index in [0.717, 1.165) is 6.42 Å². The number of carbonyl (C=O) groups is 1. The minimum atomic E-state index is -0.475. The zero-order valence-electron chi connectivity index (χ0n) is 11.7. The molecule has 0 aromatic rings. The summed E-state index contributed by atoms with van der Waals surface area (Å²) in [4.78, 5) is 11.7. The Labute approximate surface area is 108 Å². The lowest BCUT2D eigenvalue weighted by atomic mass is 10.1. The summed E-state index contributed by atoms with van der Waals surface area (Å²) in [6, 6.07) is -0.0602. The molecule has 1 amide bonds. The third kappa shape index (κ3) is 2.95. The maximum atomic E-state index is 11.7. The predicted molar refractivity (Wildman–Crippen MR) is 66.1 cm³/mol. The van der Waals surface area contributed by atoms with Gasteiger partial charge in [-0.15, -0.1) is 0 Å². The number of hydrogen-bond acceptors (Lipinski definition) is 4. The number of carbonyl (C=O) groups excluding carboxylic acids is 1. The summed E-state index contributed by atoms with van der Waals surface area (Å²) in [7, 11) is 1.66. The van der Waals surface area contributed by atoms with Gasteiger partial charge in [-0.1, -0.05) is 0 Å². The Hall–Kier alpha value is -0.810. The molecule has 0 bridgehead atoms. The molecule has 1 aliphatic heterocycles. The highest BCUT2D eigenvalue weighted by atomic mass is 16.7. The van der Waals surface area contributed by atoms with Crippen molar-refractivity contribution in [3.05, 3.63) is 0 Å². The molecule has 5 heteroatoms. The second kappa shape index (κ2) is 4.70. The van der Waals surface area contributed by atoms with E-state index < -0.39 is 11.7 Å². The molecule has 1 saturated heterocycles. The van der Waals surface area contributed by atoms with Crippen molar-refractivity contribution in [1.82, 2.24) is 5.32 Å². The van der Waals surface area contributed by atoms with E-state index in [9.17, 15) is 4.79 Å². The first-order valence-electron chi connectivity index (χ1n) is 6.49. The smallest absolute Gasteiger partial charge is 0.407 e. The van der Waals surface area contributed by atoms with Gasteiger partial charge < -0.3 is 19.5 Å². The number of hydrogen-bond donors (Lipinski definition) is 1. The average Bonchev–Trinajstić information content (AvgIpc) is 2.90. The first-order chi connectivity index (χ1) is 8.31. The van der Waals surface area contributed by atoms with Crippen molar-refractivity contribution < 1.29 is 19.0 Å². The van der Waals surface area contributed by atoms with E-state index in [0.29, 0.717) is 11.8 Å². The SMILES string of the molecule is CO[C@H]1O[C@H]([C@H](C)NC(=O)OC(C)(C)C)[C@@H]2C[C@H]12. The Balaban J connectivity index is 1.82. The Morgan fingerprint density at radius 1 is 1.39 bits per heavy atom. The van der Waals surface area contributed by atoms with E-state index in [1.807, 2.05) is 27.7 Å². The quantitative estimate of drug-likeness (QED) is 0.839. The zero-order valence-corrected chi connectivity index (χ0v) is 11.7. The normalized spacial score (nSPS) is 35.8. The van der Waals surface area contributed by atoms with Crippen LogP contribution in [0, 0.1) is 11.8 Å². The molecule has 5 nitrogen and oxygen atoms in total. The lowest BCUT2D eigenvalue weighted by molar-refractivity contribution is -0.141. The zero-order chi connectivity index (χ0) is 13.5. The van der Waals surface area contributed by atoms with E-state index >= 15 is 0 Å². The third-order valence-electron chi connectivity index (χ3n) is 3.42. The molecule has 0 aromatic carbocycles. The number of ether oxygens (including phenoxy) is 3. The molecule has 0 aromatic heterocycles. The number of amides is 1. The van der Waals surface area contributed by atoms with Gasteiger partial charge in [-0.2, -0.15) is 0 Å². The average molecular weight is 257 g/mol. The fourth-order valence-electron chi connectivity index (χ4n) is 2.58. The molecular weight excluding hydrogens is 234 g/mol. The molecule has 2 fully saturated rings. The Morgan fingerprint density at radius 2 is 2.06 bits per heavy atom. The van der Waals surface area contributed by atoms with E-state index in [-0.39, 0.29) is 18.4 Å². The second-order valence-corrected chi connectivity index (χ2v) is 6.20. The van der Waals surface area contributed by atoms with Gasteiger partial charge in [-0.3, -0.25) is 0 Å². The Kier molecular flexibility index (Phi) is 3.56. The highest BCUT2D eigenvalue weighted by molar-refractivity contribution is 5.68. The van der Waals surface area contributed by atoms with Crippen LogP contribution in [-0.2, 0) is 14.2 Å². The maximum absolute atomic E-state index is 11.7.